The van der Waals surface area contributed by atoms with Crippen molar-refractivity contribution in [1.82, 2.24) is 0 Å². The minimum atomic E-state index is -0.359. The highest BCUT2D eigenvalue weighted by molar-refractivity contribution is 6.33. The van der Waals surface area contributed by atoms with Crippen LogP contribution in [0.5, 0.6) is 5.75 Å². The zero-order valence-electron chi connectivity index (χ0n) is 16.9. The quantitative estimate of drug-likeness (QED) is 0.457. The fourth-order valence-corrected chi connectivity index (χ4v) is 3.91. The van der Waals surface area contributed by atoms with Gasteiger partial charge in [0.1, 0.15) is 18.2 Å². The first-order valence-corrected chi connectivity index (χ1v) is 10.9. The molecule has 0 aromatic heterocycles. The summed E-state index contributed by atoms with van der Waals surface area (Å²) >= 11 is 12.5. The van der Waals surface area contributed by atoms with Crippen LogP contribution in [-0.2, 0) is 17.9 Å². The highest BCUT2D eigenvalue weighted by Gasteiger charge is 2.14. The van der Waals surface area contributed by atoms with Crippen molar-refractivity contribution in [3.63, 3.8) is 0 Å². The Bertz CT molecular complexity index is 1020. The number of benzene rings is 3. The number of hydrogen-bond acceptors (Lipinski definition) is 4. The minimum absolute atomic E-state index is 0.282. The molecule has 3 aromatic rings. The number of nitrogens with one attached hydrogen (secondary N) is 1. The molecular formula is C24H23Cl2FN2O2. The summed E-state index contributed by atoms with van der Waals surface area (Å²) in [5.41, 5.74) is 3.86. The third kappa shape index (κ3) is 5.82. The van der Waals surface area contributed by atoms with Gasteiger partial charge in [-0.3, -0.25) is 0 Å². The van der Waals surface area contributed by atoms with Gasteiger partial charge in [-0.2, -0.15) is 0 Å². The Hall–Kier alpha value is -2.47. The van der Waals surface area contributed by atoms with E-state index in [0.29, 0.717) is 11.6 Å². The van der Waals surface area contributed by atoms with Crippen LogP contribution in [0.15, 0.2) is 60.7 Å². The molecule has 1 fully saturated rings. The summed E-state index contributed by atoms with van der Waals surface area (Å²) in [6.45, 7) is 4.12. The molecule has 0 aliphatic carbocycles. The van der Waals surface area contributed by atoms with Crippen LogP contribution < -0.4 is 15.0 Å². The molecule has 4 rings (SSSR count). The zero-order valence-corrected chi connectivity index (χ0v) is 18.4. The van der Waals surface area contributed by atoms with Crippen LogP contribution in [0.4, 0.5) is 15.8 Å². The van der Waals surface area contributed by atoms with E-state index in [4.69, 9.17) is 32.7 Å². The Morgan fingerprint density at radius 1 is 0.935 bits per heavy atom. The fraction of sp³-hybridized carbons (Fsp3) is 0.250. The summed E-state index contributed by atoms with van der Waals surface area (Å²) in [6, 6.07) is 18.1. The van der Waals surface area contributed by atoms with E-state index in [9.17, 15) is 4.39 Å². The van der Waals surface area contributed by atoms with Crippen molar-refractivity contribution in [2.24, 2.45) is 0 Å². The van der Waals surface area contributed by atoms with Crippen LogP contribution in [0.3, 0.4) is 0 Å². The summed E-state index contributed by atoms with van der Waals surface area (Å²) in [5.74, 6) is 0.365. The summed E-state index contributed by atoms with van der Waals surface area (Å²) in [4.78, 5) is 2.24. The van der Waals surface area contributed by atoms with E-state index in [1.54, 1.807) is 6.07 Å². The number of hydrogen-bond donors (Lipinski definition) is 1. The van der Waals surface area contributed by atoms with E-state index >= 15 is 0 Å². The number of halogens is 3. The van der Waals surface area contributed by atoms with E-state index in [1.165, 1.54) is 12.1 Å². The normalized spacial score (nSPS) is 13.8. The Balaban J connectivity index is 1.30. The predicted octanol–water partition coefficient (Wildman–Crippen LogP) is 6.16. The van der Waals surface area contributed by atoms with Gasteiger partial charge >= 0.3 is 0 Å². The van der Waals surface area contributed by atoms with Crippen molar-refractivity contribution in [3.8, 4) is 5.75 Å². The van der Waals surface area contributed by atoms with Crippen LogP contribution in [-0.4, -0.2) is 26.3 Å². The summed E-state index contributed by atoms with van der Waals surface area (Å²) < 4.78 is 24.3. The number of morpholine rings is 1. The first kappa shape index (κ1) is 21.8. The Kier molecular flexibility index (Phi) is 7.17. The van der Waals surface area contributed by atoms with Gasteiger partial charge in [0, 0.05) is 30.9 Å². The Morgan fingerprint density at radius 3 is 2.42 bits per heavy atom. The molecule has 0 bridgehead atoms. The molecule has 3 aromatic carbocycles. The van der Waals surface area contributed by atoms with Gasteiger partial charge < -0.3 is 19.7 Å². The van der Waals surface area contributed by atoms with Gasteiger partial charge in [0.25, 0.3) is 0 Å². The van der Waals surface area contributed by atoms with Gasteiger partial charge in [-0.15, -0.1) is 0 Å². The minimum Gasteiger partial charge on any atom is -0.489 e. The van der Waals surface area contributed by atoms with Crippen molar-refractivity contribution in [1.29, 1.82) is 0 Å². The standard InChI is InChI=1S/C24H23Cl2FN2O2/c25-22-13-19(27)4-3-18(22)16-31-21-6-1-17(2-7-21)15-28-20-5-8-24(23(26)14-20)29-9-11-30-12-10-29/h1-8,13-14,28H,9-12,15-16H2. The lowest BCUT2D eigenvalue weighted by Gasteiger charge is -2.29. The third-order valence-corrected chi connectivity index (χ3v) is 5.78. The average molecular weight is 461 g/mol. The first-order chi connectivity index (χ1) is 15.1. The highest BCUT2D eigenvalue weighted by atomic mass is 35.5. The molecule has 162 valence electrons. The molecule has 0 atom stereocenters. The molecular weight excluding hydrogens is 438 g/mol. The molecule has 4 nitrogen and oxygen atoms in total. The second-order valence-electron chi connectivity index (χ2n) is 7.29. The Morgan fingerprint density at radius 2 is 1.71 bits per heavy atom. The monoisotopic (exact) mass is 460 g/mol. The number of nitrogens with zero attached hydrogens (tertiary/aromatic N) is 1. The van der Waals surface area contributed by atoms with Crippen LogP contribution in [0.2, 0.25) is 10.0 Å². The molecule has 1 saturated heterocycles. The van der Waals surface area contributed by atoms with Crippen molar-refractivity contribution >= 4 is 34.6 Å². The van der Waals surface area contributed by atoms with Gasteiger partial charge in [-0.25, -0.2) is 4.39 Å². The van der Waals surface area contributed by atoms with Gasteiger partial charge in [-0.05, 0) is 48.0 Å². The fourth-order valence-electron chi connectivity index (χ4n) is 3.39. The van der Waals surface area contributed by atoms with E-state index in [1.807, 2.05) is 42.5 Å². The van der Waals surface area contributed by atoms with Crippen molar-refractivity contribution in [2.75, 3.05) is 36.5 Å². The largest absolute Gasteiger partial charge is 0.489 e. The summed E-state index contributed by atoms with van der Waals surface area (Å²) in [6.07, 6.45) is 0. The second kappa shape index (κ2) is 10.2. The molecule has 1 heterocycles. The SMILES string of the molecule is Fc1ccc(COc2ccc(CNc3ccc(N4CCOCC4)c(Cl)c3)cc2)c(Cl)c1. The van der Waals surface area contributed by atoms with Crippen LogP contribution in [0, 0.1) is 5.82 Å². The molecule has 1 aliphatic heterocycles. The van der Waals surface area contributed by atoms with E-state index in [0.717, 1.165) is 59.6 Å². The molecule has 0 spiro atoms. The lowest BCUT2D eigenvalue weighted by atomic mass is 10.2. The maximum Gasteiger partial charge on any atom is 0.124 e. The molecule has 31 heavy (non-hydrogen) atoms. The molecule has 0 saturated carbocycles. The molecule has 1 N–H and O–H groups in total. The lowest BCUT2D eigenvalue weighted by molar-refractivity contribution is 0.122. The smallest absolute Gasteiger partial charge is 0.124 e. The maximum atomic E-state index is 13.1. The second-order valence-corrected chi connectivity index (χ2v) is 8.10. The van der Waals surface area contributed by atoms with Gasteiger partial charge in [0.15, 0.2) is 0 Å². The van der Waals surface area contributed by atoms with E-state index < -0.39 is 0 Å². The third-order valence-electron chi connectivity index (χ3n) is 5.13. The van der Waals surface area contributed by atoms with Gasteiger partial charge in [0.2, 0.25) is 0 Å². The number of ether oxygens (including phenoxy) is 2. The first-order valence-electron chi connectivity index (χ1n) is 10.1. The lowest BCUT2D eigenvalue weighted by Crippen LogP contribution is -2.36. The molecule has 0 amide bonds. The zero-order chi connectivity index (χ0) is 21.6. The van der Waals surface area contributed by atoms with E-state index in [-0.39, 0.29) is 12.4 Å². The number of rotatable bonds is 7. The van der Waals surface area contributed by atoms with Crippen LogP contribution >= 0.6 is 23.2 Å². The summed E-state index contributed by atoms with van der Waals surface area (Å²) in [5, 5.41) is 4.49. The molecule has 0 radical (unpaired) electrons. The predicted molar refractivity (Wildman–Crippen MR) is 124 cm³/mol. The van der Waals surface area contributed by atoms with Crippen molar-refractivity contribution in [3.05, 3.63) is 87.7 Å². The van der Waals surface area contributed by atoms with Gasteiger partial charge in [-0.1, -0.05) is 41.4 Å². The number of anilines is 2. The van der Waals surface area contributed by atoms with Crippen LogP contribution in [0.25, 0.3) is 0 Å². The maximum absolute atomic E-state index is 13.1. The average Bonchev–Trinajstić information content (AvgIpc) is 2.78. The highest BCUT2D eigenvalue weighted by Crippen LogP contribution is 2.30. The van der Waals surface area contributed by atoms with E-state index in [2.05, 4.69) is 10.2 Å². The van der Waals surface area contributed by atoms with Crippen LogP contribution in [0.1, 0.15) is 11.1 Å². The van der Waals surface area contributed by atoms with Crippen molar-refractivity contribution < 1.29 is 13.9 Å². The van der Waals surface area contributed by atoms with Crippen molar-refractivity contribution in [2.45, 2.75) is 13.2 Å². The van der Waals surface area contributed by atoms with Gasteiger partial charge in [0.05, 0.1) is 28.9 Å². The Labute approximate surface area is 191 Å². The molecule has 7 heteroatoms. The molecule has 1 aliphatic rings. The summed E-state index contributed by atoms with van der Waals surface area (Å²) in [7, 11) is 0. The topological polar surface area (TPSA) is 33.7 Å². The molecule has 0 unspecified atom stereocenters.